The van der Waals surface area contributed by atoms with Crippen LogP contribution in [0.15, 0.2) is 48.7 Å². The Labute approximate surface area is 275 Å². The number of esters is 1. The van der Waals surface area contributed by atoms with E-state index in [2.05, 4.69) is 10.3 Å². The Hall–Kier alpha value is -3.89. The van der Waals surface area contributed by atoms with E-state index in [0.717, 1.165) is 42.4 Å². The molecule has 2 aromatic carbocycles. The smallest absolute Gasteiger partial charge is 0.319 e. The summed E-state index contributed by atoms with van der Waals surface area (Å²) in [5, 5.41) is 3.83. The molecule has 1 amide bonds. The van der Waals surface area contributed by atoms with Crippen LogP contribution in [0.25, 0.3) is 0 Å². The Morgan fingerprint density at radius 1 is 1.11 bits per heavy atom. The molecule has 0 bridgehead atoms. The summed E-state index contributed by atoms with van der Waals surface area (Å²) in [6.45, 7) is 4.73. The van der Waals surface area contributed by atoms with Crippen molar-refractivity contribution in [3.8, 4) is 11.5 Å². The van der Waals surface area contributed by atoms with Gasteiger partial charge in [-0.25, -0.2) is 9.37 Å². The van der Waals surface area contributed by atoms with E-state index in [-0.39, 0.29) is 42.8 Å². The first-order chi connectivity index (χ1) is 22.1. The van der Waals surface area contributed by atoms with Gasteiger partial charge in [0.2, 0.25) is 5.91 Å². The van der Waals surface area contributed by atoms with Crippen molar-refractivity contribution in [3.05, 3.63) is 76.2 Å². The van der Waals surface area contributed by atoms with E-state index in [1.165, 1.54) is 13.2 Å². The third-order valence-corrected chi connectivity index (χ3v) is 8.98. The van der Waals surface area contributed by atoms with Gasteiger partial charge in [-0.15, -0.1) is 0 Å². The Kier molecular flexibility index (Phi) is 10.7. The molecule has 1 atom stereocenters. The molecular formula is C35H42ClFN4O5. The monoisotopic (exact) mass is 652 g/mol. The highest BCUT2D eigenvalue weighted by molar-refractivity contribution is 6.30. The lowest BCUT2D eigenvalue weighted by molar-refractivity contribution is -0.139. The average molecular weight is 653 g/mol. The lowest BCUT2D eigenvalue weighted by Crippen LogP contribution is -2.41. The van der Waals surface area contributed by atoms with Crippen molar-refractivity contribution in [2.75, 3.05) is 44.2 Å². The van der Waals surface area contributed by atoms with Crippen LogP contribution in [0.1, 0.15) is 62.3 Å². The van der Waals surface area contributed by atoms with E-state index in [9.17, 15) is 9.59 Å². The van der Waals surface area contributed by atoms with Gasteiger partial charge in [0, 0.05) is 30.7 Å². The van der Waals surface area contributed by atoms with Gasteiger partial charge in [0.25, 0.3) is 0 Å². The van der Waals surface area contributed by atoms with Crippen molar-refractivity contribution in [3.63, 3.8) is 0 Å². The van der Waals surface area contributed by atoms with Crippen LogP contribution in [0.5, 0.6) is 11.5 Å². The maximum Gasteiger partial charge on any atom is 0.319 e. The summed E-state index contributed by atoms with van der Waals surface area (Å²) in [7, 11) is 4.80. The predicted octanol–water partition coefficient (Wildman–Crippen LogP) is 6.11. The number of methoxy groups -OCH3 is 2. The lowest BCUT2D eigenvalue weighted by atomic mass is 9.85. The second-order valence-electron chi connectivity index (χ2n) is 12.3. The number of amides is 1. The topological polar surface area (TPSA) is 93.2 Å². The van der Waals surface area contributed by atoms with Gasteiger partial charge in [0.1, 0.15) is 0 Å². The van der Waals surface area contributed by atoms with E-state index in [4.69, 9.17) is 25.8 Å². The van der Waals surface area contributed by atoms with Crippen molar-refractivity contribution < 1.29 is 28.2 Å². The van der Waals surface area contributed by atoms with Crippen LogP contribution < -0.4 is 24.6 Å². The molecule has 2 heterocycles. The van der Waals surface area contributed by atoms with Crippen LogP contribution in [0, 0.1) is 11.7 Å². The van der Waals surface area contributed by atoms with Gasteiger partial charge in [0.15, 0.2) is 23.1 Å². The molecule has 5 rings (SSSR count). The number of carbonyl (C=O) groups is 2. The van der Waals surface area contributed by atoms with Crippen molar-refractivity contribution in [1.29, 1.82) is 0 Å². The summed E-state index contributed by atoms with van der Waals surface area (Å²) in [5.74, 6) is 0.767. The zero-order valence-electron chi connectivity index (χ0n) is 27.0. The summed E-state index contributed by atoms with van der Waals surface area (Å²) >= 11 is 6.23. The van der Waals surface area contributed by atoms with E-state index < -0.39 is 11.9 Å². The van der Waals surface area contributed by atoms with Crippen LogP contribution in [-0.4, -0.2) is 63.4 Å². The van der Waals surface area contributed by atoms with Gasteiger partial charge >= 0.3 is 5.97 Å². The molecule has 1 aliphatic heterocycles. The highest BCUT2D eigenvalue weighted by Crippen LogP contribution is 2.44. The standard InChI is InChI=1S/C35H42ClFN4O5/c1-21(2)46-31-17-28-24(14-30(31)44-4)15-32(42)41(34(28)23-8-10-25(36)11-9-23)27-16-29(37)35(39-18-27)40(3)20-22-6-12-26(13-7-22)38-19-33(43)45-5/h8-11,14,16-18,21-22,26,34,38H,6-7,12-13,15,19-20H2,1-5H3/t22-,26+,34?. The Morgan fingerprint density at radius 3 is 2.46 bits per heavy atom. The fraction of sp³-hybridized carbons (Fsp3) is 0.457. The molecule has 1 saturated carbocycles. The summed E-state index contributed by atoms with van der Waals surface area (Å²) in [5.41, 5.74) is 2.85. The minimum absolute atomic E-state index is 0.0941. The zero-order chi connectivity index (χ0) is 33.0. The second kappa shape index (κ2) is 14.7. The average Bonchev–Trinajstić information content (AvgIpc) is 3.03. The molecule has 1 unspecified atom stereocenters. The van der Waals surface area contributed by atoms with E-state index in [1.54, 1.807) is 30.3 Å². The number of rotatable bonds is 11. The van der Waals surface area contributed by atoms with Crippen LogP contribution in [0.4, 0.5) is 15.9 Å². The van der Waals surface area contributed by atoms with Gasteiger partial charge < -0.3 is 24.4 Å². The quantitative estimate of drug-likeness (QED) is 0.248. The summed E-state index contributed by atoms with van der Waals surface area (Å²) < 4.78 is 32.2. The molecule has 46 heavy (non-hydrogen) atoms. The summed E-state index contributed by atoms with van der Waals surface area (Å²) in [6, 6.07) is 12.2. The molecule has 9 nitrogen and oxygen atoms in total. The normalized spacial score (nSPS) is 19.5. The lowest BCUT2D eigenvalue weighted by Gasteiger charge is -2.38. The predicted molar refractivity (Wildman–Crippen MR) is 176 cm³/mol. The maximum atomic E-state index is 15.8. The summed E-state index contributed by atoms with van der Waals surface area (Å²) in [6.07, 6.45) is 5.38. The molecule has 1 fully saturated rings. The van der Waals surface area contributed by atoms with E-state index in [1.807, 2.05) is 50.1 Å². The molecule has 1 aromatic heterocycles. The fourth-order valence-corrected chi connectivity index (χ4v) is 6.61. The fourth-order valence-electron chi connectivity index (χ4n) is 6.48. The number of benzene rings is 2. The largest absolute Gasteiger partial charge is 0.493 e. The number of fused-ring (bicyclic) bond motifs is 1. The SMILES string of the molecule is COC(=O)CN[C@H]1CC[C@@H](CN(C)c2ncc(N3C(=O)Cc4cc(OC)c(OC(C)C)cc4C3c3ccc(Cl)cc3)cc2F)CC1. The van der Waals surface area contributed by atoms with E-state index in [0.29, 0.717) is 34.7 Å². The van der Waals surface area contributed by atoms with Crippen LogP contribution >= 0.6 is 11.6 Å². The van der Waals surface area contributed by atoms with Crippen molar-refractivity contribution in [2.45, 2.75) is 64.1 Å². The third-order valence-electron chi connectivity index (χ3n) is 8.73. The van der Waals surface area contributed by atoms with E-state index >= 15 is 4.39 Å². The highest BCUT2D eigenvalue weighted by atomic mass is 35.5. The number of anilines is 2. The third kappa shape index (κ3) is 7.56. The molecule has 0 radical (unpaired) electrons. The number of pyridine rings is 1. The second-order valence-corrected chi connectivity index (χ2v) is 12.8. The number of hydrogen-bond acceptors (Lipinski definition) is 8. The minimum Gasteiger partial charge on any atom is -0.493 e. The maximum absolute atomic E-state index is 15.8. The first-order valence-corrected chi connectivity index (χ1v) is 16.1. The van der Waals surface area contributed by atoms with Crippen molar-refractivity contribution in [2.24, 2.45) is 5.92 Å². The molecule has 0 saturated heterocycles. The van der Waals surface area contributed by atoms with Crippen molar-refractivity contribution >= 4 is 35.0 Å². The Morgan fingerprint density at radius 2 is 1.83 bits per heavy atom. The number of halogens is 2. The summed E-state index contributed by atoms with van der Waals surface area (Å²) in [4.78, 5) is 33.3. The first kappa shape index (κ1) is 33.5. The van der Waals surface area contributed by atoms with Crippen LogP contribution in [-0.2, 0) is 20.7 Å². The number of aromatic nitrogens is 1. The zero-order valence-corrected chi connectivity index (χ0v) is 27.8. The number of nitrogens with zero attached hydrogens (tertiary/aromatic N) is 3. The van der Waals surface area contributed by atoms with Gasteiger partial charge in [-0.3, -0.25) is 14.5 Å². The first-order valence-electron chi connectivity index (χ1n) is 15.7. The van der Waals surface area contributed by atoms with Crippen LogP contribution in [0.2, 0.25) is 5.02 Å². The molecule has 246 valence electrons. The Bertz CT molecular complexity index is 1540. The molecule has 3 aromatic rings. The molecule has 1 aliphatic carbocycles. The highest BCUT2D eigenvalue weighted by Gasteiger charge is 2.37. The number of carbonyl (C=O) groups excluding carboxylic acids is 2. The molecule has 1 N–H and O–H groups in total. The molecule has 0 spiro atoms. The van der Waals surface area contributed by atoms with Crippen LogP contribution in [0.3, 0.4) is 0 Å². The van der Waals surface area contributed by atoms with Gasteiger partial charge in [-0.2, -0.15) is 0 Å². The number of hydrogen-bond donors (Lipinski definition) is 1. The number of nitrogens with one attached hydrogen (secondary N) is 1. The van der Waals surface area contributed by atoms with Gasteiger partial charge in [0.05, 0.1) is 51.2 Å². The molecular weight excluding hydrogens is 611 g/mol. The molecule has 11 heteroatoms. The van der Waals surface area contributed by atoms with Crippen molar-refractivity contribution in [1.82, 2.24) is 10.3 Å². The number of ether oxygens (including phenoxy) is 3. The minimum atomic E-state index is -0.568. The van der Waals surface area contributed by atoms with Gasteiger partial charge in [-0.1, -0.05) is 23.7 Å². The van der Waals surface area contributed by atoms with Gasteiger partial charge in [-0.05, 0) is 86.4 Å². The molecule has 2 aliphatic rings. The Balaban J connectivity index is 1.39.